The summed E-state index contributed by atoms with van der Waals surface area (Å²) < 4.78 is 12.1. The summed E-state index contributed by atoms with van der Waals surface area (Å²) >= 11 is 1.74. The summed E-state index contributed by atoms with van der Waals surface area (Å²) in [6.45, 7) is 40.7. The minimum atomic E-state index is 0. The van der Waals surface area contributed by atoms with Gasteiger partial charge in [-0.05, 0) is 95.6 Å². The predicted octanol–water partition coefficient (Wildman–Crippen LogP) is 10.3. The Labute approximate surface area is 405 Å². The van der Waals surface area contributed by atoms with Crippen molar-refractivity contribution in [2.24, 2.45) is 10.8 Å². The zero-order valence-corrected chi connectivity index (χ0v) is 46.9. The van der Waals surface area contributed by atoms with Gasteiger partial charge in [0.25, 0.3) is 0 Å². The van der Waals surface area contributed by atoms with E-state index in [-0.39, 0.29) is 51.9 Å². The average Bonchev–Trinajstić information content (AvgIpc) is 3.65. The van der Waals surface area contributed by atoms with E-state index in [9.17, 15) is 0 Å². The second-order valence-electron chi connectivity index (χ2n) is 22.1. The van der Waals surface area contributed by atoms with Crippen molar-refractivity contribution in [3.63, 3.8) is 0 Å². The molecule has 0 aromatic heterocycles. The molecule has 6 aromatic carbocycles. The molecule has 0 saturated heterocycles. The fourth-order valence-corrected chi connectivity index (χ4v) is 8.58. The predicted molar refractivity (Wildman–Crippen MR) is 263 cm³/mol. The van der Waals surface area contributed by atoms with Crippen LogP contribution in [0.1, 0.15) is 128 Å². The molecule has 0 bridgehead atoms. The number of hydrogen-bond donors (Lipinski definition) is 0. The molecule has 0 fully saturated rings. The van der Waals surface area contributed by atoms with Gasteiger partial charge in [0.05, 0.1) is 14.2 Å². The van der Waals surface area contributed by atoms with Crippen molar-refractivity contribution < 1.29 is 57.6 Å². The van der Waals surface area contributed by atoms with Gasteiger partial charge in [-0.3, -0.25) is 0 Å². The first-order valence-electron chi connectivity index (χ1n) is 21.8. The molecule has 62 heavy (non-hydrogen) atoms. The number of methoxy groups -OCH3 is 2. The third kappa shape index (κ3) is 14.7. The van der Waals surface area contributed by atoms with Gasteiger partial charge in [-0.2, -0.15) is 12.1 Å². The first kappa shape index (κ1) is 55.5. The Morgan fingerprint density at radius 1 is 0.484 bits per heavy atom. The smallest absolute Gasteiger partial charge is 1.00 e. The molecule has 0 unspecified atom stereocenters. The van der Waals surface area contributed by atoms with E-state index in [2.05, 4.69) is 197 Å². The summed E-state index contributed by atoms with van der Waals surface area (Å²) in [5, 5.41) is 5.24. The van der Waals surface area contributed by atoms with E-state index >= 15 is 0 Å². The van der Waals surface area contributed by atoms with Gasteiger partial charge in [-0.25, -0.2) is 0 Å². The Morgan fingerprint density at radius 2 is 0.758 bits per heavy atom. The van der Waals surface area contributed by atoms with E-state index in [1.807, 2.05) is 14.2 Å². The van der Waals surface area contributed by atoms with Crippen molar-refractivity contribution in [1.82, 2.24) is 0 Å². The van der Waals surface area contributed by atoms with Crippen LogP contribution in [0.3, 0.4) is 0 Å². The monoisotopic (exact) mass is 968 g/mol. The topological polar surface area (TPSA) is 18.5 Å². The molecule has 0 heterocycles. The van der Waals surface area contributed by atoms with Crippen LogP contribution in [0.15, 0.2) is 72.8 Å². The van der Waals surface area contributed by atoms with Gasteiger partial charge in [-0.1, -0.05) is 142 Å². The summed E-state index contributed by atoms with van der Waals surface area (Å²) in [5.41, 5.74) is 16.2. The van der Waals surface area contributed by atoms with Crippen LogP contribution in [0.5, 0.6) is 11.5 Å². The van der Waals surface area contributed by atoms with Crippen molar-refractivity contribution in [1.29, 1.82) is 0 Å². The van der Waals surface area contributed by atoms with E-state index in [0.717, 1.165) is 24.3 Å². The molecule has 0 aliphatic rings. The average molecular weight is 971 g/mol. The van der Waals surface area contributed by atoms with Crippen LogP contribution in [0.4, 0.5) is 0 Å². The van der Waals surface area contributed by atoms with Crippen molar-refractivity contribution >= 4 is 27.0 Å². The molecule has 0 atom stereocenters. The number of hydrogen-bond acceptors (Lipinski definition) is 2. The molecule has 6 aromatic rings. The maximum absolute atomic E-state index is 6.06. The summed E-state index contributed by atoms with van der Waals surface area (Å²) in [7, 11) is 3.61. The van der Waals surface area contributed by atoms with Crippen molar-refractivity contribution in [3.05, 3.63) is 117 Å². The third-order valence-electron chi connectivity index (χ3n) is 10.6. The van der Waals surface area contributed by atoms with Crippen LogP contribution in [0, 0.1) is 38.5 Å². The van der Waals surface area contributed by atoms with Crippen LogP contribution in [-0.2, 0) is 47.0 Å². The van der Waals surface area contributed by atoms with E-state index in [0.29, 0.717) is 0 Å². The Balaban J connectivity index is 0.000000381. The maximum Gasteiger partial charge on any atom is -1.00 e. The van der Waals surface area contributed by atoms with Crippen LogP contribution in [0.25, 0.3) is 43.8 Å². The zero-order chi connectivity index (χ0) is 45.3. The molecule has 0 aliphatic heterocycles. The molecular weight excluding hydrogens is 895 g/mol. The first-order chi connectivity index (χ1) is 27.5. The number of fused-ring (bicyclic) bond motifs is 2. The molecule has 6 heteroatoms. The minimum absolute atomic E-state index is 0. The molecular formula is C56H76Cl2O2SiZr-2. The summed E-state index contributed by atoms with van der Waals surface area (Å²) in [6.07, 6.45) is 2.14. The molecule has 2 nitrogen and oxygen atoms in total. The summed E-state index contributed by atoms with van der Waals surface area (Å²) in [5.74, 6) is 2.02. The van der Waals surface area contributed by atoms with Crippen molar-refractivity contribution in [3.8, 4) is 33.8 Å². The Hall–Kier alpha value is -2.62. The molecule has 0 spiro atoms. The number of ether oxygens (including phenoxy) is 2. The van der Waals surface area contributed by atoms with Gasteiger partial charge >= 0.3 is 41.9 Å². The van der Waals surface area contributed by atoms with E-state index < -0.39 is 0 Å². The normalized spacial score (nSPS) is 11.8. The molecule has 0 N–H and O–H groups in total. The number of halogens is 2. The second kappa shape index (κ2) is 21.6. The van der Waals surface area contributed by atoms with Crippen molar-refractivity contribution in [2.45, 2.75) is 148 Å². The zero-order valence-electron chi connectivity index (χ0n) is 41.9. The summed E-state index contributed by atoms with van der Waals surface area (Å²) in [4.78, 5) is 0. The van der Waals surface area contributed by atoms with E-state index in [1.54, 1.807) is 23.3 Å². The molecule has 0 saturated carbocycles. The van der Waals surface area contributed by atoms with Gasteiger partial charge in [0, 0.05) is 0 Å². The Bertz CT molecular complexity index is 2260. The Kier molecular flexibility index (Phi) is 19.3. The second-order valence-corrected chi connectivity index (χ2v) is 31.5. The summed E-state index contributed by atoms with van der Waals surface area (Å²) in [6, 6.07) is 27.8. The van der Waals surface area contributed by atoms with Gasteiger partial charge in [0.15, 0.2) is 0 Å². The van der Waals surface area contributed by atoms with Crippen LogP contribution in [0.2, 0.25) is 13.1 Å². The van der Waals surface area contributed by atoms with E-state index in [1.165, 1.54) is 88.3 Å². The SMILES string of the molecule is COc1c(C(C)(C)C)cc2[cH-]c(CC(C)(C)C)cc2c1-c1cc(C)cc(C)c1.COc1c(C(C)(C)C)cc2[cH-]c(CC(C)(C)C)cc2c1-c1cc(C)cc(C)c1.C[Si](C)=[Zr+2].[Cl-].[Cl-]. The fourth-order valence-electron chi connectivity index (χ4n) is 8.58. The number of rotatable bonds is 6. The molecule has 6 rings (SSSR count). The standard InChI is InChI=1S/2C27H35O.C2H6Si.2ClH.Zr/c2*1-17-10-18(2)12-21(11-17)24-22-14-19(16-26(3,4)5)13-20(22)15-23(25(24)28-9)27(6,7)8;1-3-2;;;/h2*10-15H,16H2,1-9H3;1-2H3;2*1H;/q2*-1;;;;+2/p-2. The molecule has 0 radical (unpaired) electrons. The fraction of sp³-hybridized carbons (Fsp3) is 0.464. The molecule has 0 amide bonds. The van der Waals surface area contributed by atoms with E-state index in [4.69, 9.17) is 9.47 Å². The van der Waals surface area contributed by atoms with Gasteiger partial charge in [0.2, 0.25) is 0 Å². The number of aryl methyl sites for hydroxylation is 4. The van der Waals surface area contributed by atoms with Gasteiger partial charge in [0.1, 0.15) is 11.5 Å². The van der Waals surface area contributed by atoms with Gasteiger partial charge in [-0.15, -0.1) is 56.9 Å². The van der Waals surface area contributed by atoms with Crippen LogP contribution < -0.4 is 34.3 Å². The largest absolute Gasteiger partial charge is 1.00 e. The molecule has 336 valence electrons. The van der Waals surface area contributed by atoms with Crippen LogP contribution in [-0.4, -0.2) is 19.7 Å². The first-order valence-corrected chi connectivity index (χ1v) is 28.0. The van der Waals surface area contributed by atoms with Crippen LogP contribution >= 0.6 is 0 Å². The third-order valence-corrected chi connectivity index (χ3v) is 10.6. The molecule has 0 aliphatic carbocycles. The quantitative estimate of drug-likeness (QED) is 0.122. The Morgan fingerprint density at radius 3 is 0.984 bits per heavy atom. The minimum Gasteiger partial charge on any atom is -1.00 e. The maximum atomic E-state index is 6.06. The van der Waals surface area contributed by atoms with Crippen molar-refractivity contribution in [2.75, 3.05) is 14.2 Å². The van der Waals surface area contributed by atoms with Gasteiger partial charge < -0.3 is 34.3 Å². The number of benzene rings is 4.